The molecule has 5 heteroatoms. The lowest BCUT2D eigenvalue weighted by Crippen LogP contribution is -2.37. The minimum atomic E-state index is -0.0718. The normalized spacial score (nSPS) is 27.3. The van der Waals surface area contributed by atoms with Gasteiger partial charge in [-0.25, -0.2) is 0 Å². The molecule has 0 radical (unpaired) electrons. The summed E-state index contributed by atoms with van der Waals surface area (Å²) >= 11 is 3.49. The second kappa shape index (κ2) is 12.2. The first-order valence-corrected chi connectivity index (χ1v) is 14.6. The first-order chi connectivity index (χ1) is 14.9. The Hall–Kier alpha value is -0.420. The van der Waals surface area contributed by atoms with Gasteiger partial charge in [0.2, 0.25) is 0 Å². The van der Waals surface area contributed by atoms with Crippen molar-refractivity contribution in [1.82, 2.24) is 4.90 Å². The zero-order valence-corrected chi connectivity index (χ0v) is 21.8. The summed E-state index contributed by atoms with van der Waals surface area (Å²) in [6, 6.07) is -0.0718. The first kappa shape index (κ1) is 25.2. The molecule has 0 N–H and O–H groups in total. The van der Waals surface area contributed by atoms with E-state index in [9.17, 15) is 9.59 Å². The quantitative estimate of drug-likeness (QED) is 0.260. The number of rotatable bonds is 9. The van der Waals surface area contributed by atoms with Crippen LogP contribution >= 0.6 is 23.5 Å². The van der Waals surface area contributed by atoms with Crippen LogP contribution in [0.25, 0.3) is 0 Å². The van der Waals surface area contributed by atoms with Crippen molar-refractivity contribution in [2.75, 3.05) is 0 Å². The maximum absolute atomic E-state index is 13.3. The van der Waals surface area contributed by atoms with E-state index >= 15 is 0 Å². The van der Waals surface area contributed by atoms with Crippen LogP contribution in [0, 0.1) is 11.8 Å². The molecule has 1 unspecified atom stereocenters. The van der Waals surface area contributed by atoms with Gasteiger partial charge in [0, 0.05) is 16.5 Å². The first-order valence-electron chi connectivity index (χ1n) is 12.9. The number of hydrogen-bond donors (Lipinski definition) is 0. The van der Waals surface area contributed by atoms with Crippen molar-refractivity contribution in [3.05, 3.63) is 9.81 Å². The summed E-state index contributed by atoms with van der Waals surface area (Å²) in [4.78, 5) is 29.6. The molecule has 31 heavy (non-hydrogen) atoms. The van der Waals surface area contributed by atoms with Crippen molar-refractivity contribution in [1.29, 1.82) is 0 Å². The highest BCUT2D eigenvalue weighted by molar-refractivity contribution is 8.08. The molecular formula is C26H43NO2S2. The molecule has 176 valence electrons. The van der Waals surface area contributed by atoms with E-state index in [0.29, 0.717) is 10.5 Å². The standard InChI is InChI=1S/C26H43NO2S2/c1-5-19(4)15-16-20-11-10-14-22(17-20)31-24-23(25(28)27(18(2)3)26(24)29)30-21-12-8-6-7-9-13-21/h18-22H,5-17H2,1-4H3/t19-,20+,22?/m0/s1. The van der Waals surface area contributed by atoms with Crippen LogP contribution in [-0.2, 0) is 9.59 Å². The second-order valence-electron chi connectivity index (χ2n) is 10.3. The van der Waals surface area contributed by atoms with Crippen LogP contribution in [-0.4, -0.2) is 33.3 Å². The van der Waals surface area contributed by atoms with E-state index in [0.717, 1.165) is 21.6 Å². The van der Waals surface area contributed by atoms with E-state index in [1.54, 1.807) is 23.5 Å². The summed E-state index contributed by atoms with van der Waals surface area (Å²) < 4.78 is 0. The van der Waals surface area contributed by atoms with Gasteiger partial charge in [-0.3, -0.25) is 14.5 Å². The molecule has 2 amide bonds. The highest BCUT2D eigenvalue weighted by Crippen LogP contribution is 2.46. The Morgan fingerprint density at radius 2 is 1.42 bits per heavy atom. The van der Waals surface area contributed by atoms with Gasteiger partial charge in [-0.1, -0.05) is 71.6 Å². The number of hydrogen-bond acceptors (Lipinski definition) is 4. The van der Waals surface area contributed by atoms with Crippen LogP contribution < -0.4 is 0 Å². The van der Waals surface area contributed by atoms with Crippen LogP contribution in [0.3, 0.4) is 0 Å². The van der Waals surface area contributed by atoms with E-state index in [1.807, 2.05) is 13.8 Å². The fourth-order valence-corrected chi connectivity index (χ4v) is 8.17. The van der Waals surface area contributed by atoms with E-state index in [1.165, 1.54) is 88.4 Å². The van der Waals surface area contributed by atoms with Gasteiger partial charge < -0.3 is 0 Å². The minimum absolute atomic E-state index is 0.0251. The molecule has 0 aromatic carbocycles. The molecule has 0 bridgehead atoms. The van der Waals surface area contributed by atoms with Crippen molar-refractivity contribution in [2.24, 2.45) is 11.8 Å². The third-order valence-electron chi connectivity index (χ3n) is 7.42. The summed E-state index contributed by atoms with van der Waals surface area (Å²) in [5.41, 5.74) is 0. The Balaban J connectivity index is 1.71. The molecule has 2 aliphatic carbocycles. The van der Waals surface area contributed by atoms with Crippen LogP contribution in [0.2, 0.25) is 0 Å². The maximum Gasteiger partial charge on any atom is 0.268 e. The van der Waals surface area contributed by atoms with Gasteiger partial charge in [-0.05, 0) is 51.4 Å². The van der Waals surface area contributed by atoms with Crippen molar-refractivity contribution in [2.45, 2.75) is 128 Å². The van der Waals surface area contributed by atoms with Crippen molar-refractivity contribution < 1.29 is 9.59 Å². The Kier molecular flexibility index (Phi) is 9.89. The lowest BCUT2D eigenvalue weighted by atomic mass is 9.84. The predicted molar refractivity (Wildman–Crippen MR) is 135 cm³/mol. The Morgan fingerprint density at radius 1 is 0.839 bits per heavy atom. The largest absolute Gasteiger partial charge is 0.271 e. The lowest BCUT2D eigenvalue weighted by Gasteiger charge is -2.29. The highest BCUT2D eigenvalue weighted by atomic mass is 32.2. The smallest absolute Gasteiger partial charge is 0.268 e. The number of carbonyl (C=O) groups is 2. The van der Waals surface area contributed by atoms with Gasteiger partial charge in [-0.2, -0.15) is 0 Å². The molecule has 3 rings (SSSR count). The van der Waals surface area contributed by atoms with Gasteiger partial charge in [0.25, 0.3) is 11.8 Å². The molecule has 2 fully saturated rings. The fraction of sp³-hybridized carbons (Fsp3) is 0.846. The van der Waals surface area contributed by atoms with Gasteiger partial charge >= 0.3 is 0 Å². The summed E-state index contributed by atoms with van der Waals surface area (Å²) in [5, 5.41) is 0.978. The monoisotopic (exact) mass is 465 g/mol. The van der Waals surface area contributed by atoms with Crippen molar-refractivity contribution >= 4 is 35.3 Å². The molecule has 2 saturated carbocycles. The molecule has 1 aliphatic heterocycles. The molecule has 3 atom stereocenters. The number of carbonyl (C=O) groups excluding carboxylic acids is 2. The van der Waals surface area contributed by atoms with Gasteiger partial charge in [0.05, 0.1) is 9.81 Å². The molecule has 0 spiro atoms. The van der Waals surface area contributed by atoms with E-state index < -0.39 is 0 Å². The van der Waals surface area contributed by atoms with Crippen molar-refractivity contribution in [3.63, 3.8) is 0 Å². The summed E-state index contributed by atoms with van der Waals surface area (Å²) in [5.74, 6) is 1.54. The van der Waals surface area contributed by atoms with Crippen LogP contribution in [0.1, 0.15) is 111 Å². The van der Waals surface area contributed by atoms with Gasteiger partial charge in [0.1, 0.15) is 0 Å². The molecule has 1 heterocycles. The molecule has 0 aromatic rings. The van der Waals surface area contributed by atoms with E-state index in [4.69, 9.17) is 0 Å². The average Bonchev–Trinajstić information content (AvgIpc) is 2.92. The molecule has 3 aliphatic rings. The average molecular weight is 466 g/mol. The van der Waals surface area contributed by atoms with Crippen LogP contribution in [0.15, 0.2) is 9.81 Å². The van der Waals surface area contributed by atoms with Crippen LogP contribution in [0.5, 0.6) is 0 Å². The summed E-state index contributed by atoms with van der Waals surface area (Å²) in [7, 11) is 0. The zero-order valence-electron chi connectivity index (χ0n) is 20.2. The molecule has 3 nitrogen and oxygen atoms in total. The molecule has 0 aromatic heterocycles. The lowest BCUT2D eigenvalue weighted by molar-refractivity contribution is -0.138. The highest BCUT2D eigenvalue weighted by Gasteiger charge is 2.42. The zero-order chi connectivity index (χ0) is 22.4. The van der Waals surface area contributed by atoms with Crippen molar-refractivity contribution in [3.8, 4) is 0 Å². The SMILES string of the molecule is CC[C@H](C)CC[C@H]1CCCC(SC2=C(SC3CCCCCC3)C(=O)N(C(C)C)C2=O)C1. The Morgan fingerprint density at radius 3 is 2.00 bits per heavy atom. The predicted octanol–water partition coefficient (Wildman–Crippen LogP) is 7.55. The Bertz CT molecular complexity index is 652. The van der Waals surface area contributed by atoms with Crippen LogP contribution in [0.4, 0.5) is 0 Å². The topological polar surface area (TPSA) is 37.4 Å². The third kappa shape index (κ3) is 6.79. The number of nitrogens with zero attached hydrogens (tertiary/aromatic N) is 1. The molecule has 0 saturated heterocycles. The van der Waals surface area contributed by atoms with Gasteiger partial charge in [-0.15, -0.1) is 23.5 Å². The fourth-order valence-electron chi connectivity index (χ4n) is 5.21. The number of imide groups is 1. The third-order valence-corrected chi connectivity index (χ3v) is 10.3. The Labute approximate surface area is 198 Å². The molecular weight excluding hydrogens is 422 g/mol. The summed E-state index contributed by atoms with van der Waals surface area (Å²) in [6.45, 7) is 8.57. The second-order valence-corrected chi connectivity index (χ2v) is 12.9. The van der Waals surface area contributed by atoms with E-state index in [-0.39, 0.29) is 17.9 Å². The summed E-state index contributed by atoms with van der Waals surface area (Å²) in [6.07, 6.45) is 16.4. The number of thioether (sulfide) groups is 2. The van der Waals surface area contributed by atoms with E-state index in [2.05, 4.69) is 13.8 Å². The number of amides is 2. The maximum atomic E-state index is 13.3. The van der Waals surface area contributed by atoms with Gasteiger partial charge in [0.15, 0.2) is 0 Å². The minimum Gasteiger partial charge on any atom is -0.271 e.